The zero-order chi connectivity index (χ0) is 30.2. The largest absolute Gasteiger partial charge is 0.349 e. The molecule has 0 aromatic carbocycles. The van der Waals surface area contributed by atoms with Crippen LogP contribution in [-0.4, -0.2) is 48.6 Å². The minimum Gasteiger partial charge on any atom is -0.349 e. The van der Waals surface area contributed by atoms with E-state index in [0.29, 0.717) is 22.6 Å². The van der Waals surface area contributed by atoms with Crippen LogP contribution in [0.4, 0.5) is 17.6 Å². The molecule has 0 radical (unpaired) electrons. The van der Waals surface area contributed by atoms with Gasteiger partial charge in [0.2, 0.25) is 17.8 Å². The Kier molecular flexibility index (Phi) is 8.26. The maximum absolute atomic E-state index is 14.0. The number of alkyl halides is 4. The van der Waals surface area contributed by atoms with Crippen molar-refractivity contribution in [1.29, 1.82) is 0 Å². The van der Waals surface area contributed by atoms with Gasteiger partial charge in [-0.15, -0.1) is 0 Å². The summed E-state index contributed by atoms with van der Waals surface area (Å²) < 4.78 is 60.9. The molecule has 2 fully saturated rings. The van der Waals surface area contributed by atoms with Crippen LogP contribution in [-0.2, 0) is 4.79 Å². The first-order valence-corrected chi connectivity index (χ1v) is 14.3. The van der Waals surface area contributed by atoms with Crippen LogP contribution in [0.1, 0.15) is 118 Å². The van der Waals surface area contributed by atoms with Gasteiger partial charge in [-0.25, -0.2) is 31.7 Å². The highest BCUT2D eigenvalue weighted by molar-refractivity contribution is 5.93. The summed E-state index contributed by atoms with van der Waals surface area (Å²) in [6.07, 6.45) is 3.96. The third-order valence-corrected chi connectivity index (χ3v) is 8.03. The maximum Gasteiger partial charge on any atom is 0.276 e. The Morgan fingerprint density at radius 3 is 2.43 bits per heavy atom. The molecule has 14 heteroatoms. The molecular weight excluding hydrogens is 558 g/mol. The van der Waals surface area contributed by atoms with Gasteiger partial charge in [0.05, 0.1) is 30.2 Å². The lowest BCUT2D eigenvalue weighted by molar-refractivity contribution is -0.123. The van der Waals surface area contributed by atoms with Crippen molar-refractivity contribution in [2.75, 3.05) is 0 Å². The van der Waals surface area contributed by atoms with Crippen LogP contribution in [0.2, 0.25) is 0 Å². The van der Waals surface area contributed by atoms with E-state index in [1.165, 1.54) is 4.52 Å². The molecule has 1 unspecified atom stereocenters. The number of halogens is 4. The molecule has 0 bridgehead atoms. The number of carbonyl (C=O) groups is 2. The van der Waals surface area contributed by atoms with Gasteiger partial charge in [-0.3, -0.25) is 9.59 Å². The summed E-state index contributed by atoms with van der Waals surface area (Å²) in [6.45, 7) is 4.48. The summed E-state index contributed by atoms with van der Waals surface area (Å²) in [4.78, 5) is 30.5. The molecule has 2 atom stereocenters. The van der Waals surface area contributed by atoms with Crippen molar-refractivity contribution in [1.82, 2.24) is 35.5 Å². The molecule has 42 heavy (non-hydrogen) atoms. The monoisotopic (exact) mass is 593 g/mol. The summed E-state index contributed by atoms with van der Waals surface area (Å²) in [7, 11) is 0. The van der Waals surface area contributed by atoms with Gasteiger partial charge in [0.25, 0.3) is 5.91 Å². The van der Waals surface area contributed by atoms with Crippen LogP contribution >= 0.6 is 0 Å². The van der Waals surface area contributed by atoms with Crippen molar-refractivity contribution in [3.8, 4) is 0 Å². The van der Waals surface area contributed by atoms with Crippen LogP contribution in [0.15, 0.2) is 23.1 Å². The number of amides is 2. The zero-order valence-corrected chi connectivity index (χ0v) is 23.7. The highest BCUT2D eigenvalue weighted by Crippen LogP contribution is 2.43. The fourth-order valence-electron chi connectivity index (χ4n) is 5.48. The number of hydrogen-bond acceptors (Lipinski definition) is 7. The lowest BCUT2D eigenvalue weighted by Crippen LogP contribution is -2.37. The second kappa shape index (κ2) is 11.6. The van der Waals surface area contributed by atoms with E-state index in [-0.39, 0.29) is 55.6 Å². The van der Waals surface area contributed by atoms with Crippen LogP contribution in [0, 0.1) is 11.8 Å². The first-order chi connectivity index (χ1) is 19.8. The number of fused-ring (bicyclic) bond motifs is 1. The number of carbonyl (C=O) groups excluding carboxylic acids is 2. The Hall–Kier alpha value is -3.58. The molecule has 2 N–H and O–H groups in total. The highest BCUT2D eigenvalue weighted by Gasteiger charge is 2.40. The minimum atomic E-state index is -2.93. The Morgan fingerprint density at radius 2 is 1.79 bits per heavy atom. The van der Waals surface area contributed by atoms with E-state index >= 15 is 0 Å². The van der Waals surface area contributed by atoms with Gasteiger partial charge in [0, 0.05) is 31.6 Å². The summed E-state index contributed by atoms with van der Waals surface area (Å²) in [5.41, 5.74) is 1.99. The van der Waals surface area contributed by atoms with E-state index in [1.807, 2.05) is 13.8 Å². The molecule has 0 spiro atoms. The third kappa shape index (κ3) is 7.06. The summed E-state index contributed by atoms with van der Waals surface area (Å²) in [6, 6.07) is 0.663. The topological polar surface area (TPSA) is 127 Å². The predicted octanol–water partition coefficient (Wildman–Crippen LogP) is 5.54. The van der Waals surface area contributed by atoms with Crippen molar-refractivity contribution in [2.45, 2.75) is 102 Å². The van der Waals surface area contributed by atoms with E-state index in [2.05, 4.69) is 26.0 Å². The summed E-state index contributed by atoms with van der Waals surface area (Å²) >= 11 is 0. The third-order valence-electron chi connectivity index (χ3n) is 8.03. The highest BCUT2D eigenvalue weighted by atomic mass is 19.3. The summed E-state index contributed by atoms with van der Waals surface area (Å²) in [5, 5.41) is 17.9. The Bertz CT molecular complexity index is 1420. The first kappa shape index (κ1) is 29.9. The molecule has 0 saturated heterocycles. The average Bonchev–Trinajstić information content (AvgIpc) is 3.47. The molecular formula is C28H35F4N7O3. The molecule has 228 valence electrons. The normalized spacial score (nSPS) is 19.1. The minimum absolute atomic E-state index is 0.0316. The number of rotatable bonds is 11. The van der Waals surface area contributed by atoms with Crippen molar-refractivity contribution in [3.05, 3.63) is 41.1 Å². The predicted molar refractivity (Wildman–Crippen MR) is 142 cm³/mol. The molecule has 2 aliphatic carbocycles. The van der Waals surface area contributed by atoms with Crippen molar-refractivity contribution in [2.24, 2.45) is 11.8 Å². The quantitative estimate of drug-likeness (QED) is 0.280. The van der Waals surface area contributed by atoms with Crippen LogP contribution in [0.25, 0.3) is 5.65 Å². The fraction of sp³-hybridized carbons (Fsp3) is 0.643. The number of nitrogens with zero attached hydrogens (tertiary/aromatic N) is 5. The van der Waals surface area contributed by atoms with Crippen molar-refractivity contribution < 1.29 is 31.8 Å². The van der Waals surface area contributed by atoms with Gasteiger partial charge in [0.1, 0.15) is 5.69 Å². The standard InChI is InChI=1S/C28H35F4N7O3/c1-15(2)22-25(38-42-37-22)26(41)36-24(17-6-10-28(31,32)11-7-17)19-14-39-20(34-19)12-18(13-33-39)23(16-4-5-16)35-21(40)8-9-27(3,29)30/h12-17,23-24H,4-11H2,1-3H3,(H,35,40)(H,36,41)/t23?,24-/m0/s1. The van der Waals surface area contributed by atoms with Gasteiger partial charge in [0.15, 0.2) is 11.3 Å². The van der Waals surface area contributed by atoms with E-state index in [4.69, 9.17) is 9.61 Å². The molecule has 2 aliphatic rings. The second-order valence-electron chi connectivity index (χ2n) is 12.0. The van der Waals surface area contributed by atoms with E-state index < -0.39 is 42.2 Å². The fourth-order valence-corrected chi connectivity index (χ4v) is 5.48. The summed E-state index contributed by atoms with van der Waals surface area (Å²) in [5.74, 6) is -6.96. The molecule has 10 nitrogen and oxygen atoms in total. The number of imidazole rings is 1. The van der Waals surface area contributed by atoms with E-state index in [0.717, 1.165) is 19.8 Å². The SMILES string of the molecule is CC(C)c1nonc1C(=O)N[C@H](c1cn2ncc(C(NC(=O)CCC(C)(F)F)C3CC3)cc2n1)C1CCC(F)(F)CC1. The van der Waals surface area contributed by atoms with Gasteiger partial charge < -0.3 is 10.6 Å². The molecule has 3 heterocycles. The van der Waals surface area contributed by atoms with Gasteiger partial charge in [-0.2, -0.15) is 5.10 Å². The number of nitrogens with one attached hydrogen (secondary N) is 2. The number of hydrogen-bond donors (Lipinski definition) is 2. The zero-order valence-electron chi connectivity index (χ0n) is 23.7. The lowest BCUT2D eigenvalue weighted by atomic mass is 9.81. The molecule has 3 aromatic heterocycles. The van der Waals surface area contributed by atoms with Gasteiger partial charge >= 0.3 is 0 Å². The molecule has 0 aliphatic heterocycles. The van der Waals surface area contributed by atoms with Crippen molar-refractivity contribution >= 4 is 17.5 Å². The van der Waals surface area contributed by atoms with Crippen molar-refractivity contribution in [3.63, 3.8) is 0 Å². The smallest absolute Gasteiger partial charge is 0.276 e. The van der Waals surface area contributed by atoms with Crippen LogP contribution in [0.5, 0.6) is 0 Å². The van der Waals surface area contributed by atoms with E-state index in [9.17, 15) is 27.2 Å². The molecule has 3 aromatic rings. The lowest BCUT2D eigenvalue weighted by Gasteiger charge is -2.33. The first-order valence-electron chi connectivity index (χ1n) is 14.3. The second-order valence-corrected chi connectivity index (χ2v) is 12.0. The Morgan fingerprint density at radius 1 is 1.10 bits per heavy atom. The molecule has 5 rings (SSSR count). The average molecular weight is 594 g/mol. The number of aromatic nitrogens is 5. The van der Waals surface area contributed by atoms with Gasteiger partial charge in [-0.1, -0.05) is 19.0 Å². The molecule has 2 saturated carbocycles. The maximum atomic E-state index is 14.0. The molecule has 2 amide bonds. The van der Waals surface area contributed by atoms with E-state index in [1.54, 1.807) is 18.5 Å². The van der Waals surface area contributed by atoms with Crippen LogP contribution < -0.4 is 10.6 Å². The van der Waals surface area contributed by atoms with Crippen LogP contribution in [0.3, 0.4) is 0 Å². The Labute approximate surface area is 240 Å². The van der Waals surface area contributed by atoms with Gasteiger partial charge in [-0.05, 0) is 61.2 Å². The Balaban J connectivity index is 1.40.